The van der Waals surface area contributed by atoms with E-state index in [0.29, 0.717) is 6.47 Å². The minimum atomic E-state index is -2.61. The van der Waals surface area contributed by atoms with Crippen LogP contribution in [0.4, 0.5) is 8.78 Å². The van der Waals surface area contributed by atoms with Gasteiger partial charge in [0.2, 0.25) is 5.88 Å². The van der Waals surface area contributed by atoms with E-state index in [1.54, 1.807) is 6.07 Å². The summed E-state index contributed by atoms with van der Waals surface area (Å²) in [6.07, 6.45) is -1.27. The summed E-state index contributed by atoms with van der Waals surface area (Å²) in [5.74, 6) is 0.339. The molecule has 3 aromatic heterocycles. The Morgan fingerprint density at radius 3 is 2.68 bits per heavy atom. The summed E-state index contributed by atoms with van der Waals surface area (Å²) in [6, 6.07) is 6.91. The van der Waals surface area contributed by atoms with E-state index in [1.165, 1.54) is 19.4 Å². The molecular formula is C18H18ClF2N3O4. The van der Waals surface area contributed by atoms with Gasteiger partial charge in [-0.25, -0.2) is 13.8 Å². The molecule has 0 aliphatic rings. The molecule has 0 aliphatic heterocycles. The van der Waals surface area contributed by atoms with Gasteiger partial charge in [-0.05, 0) is 19.1 Å². The molecule has 0 unspecified atom stereocenters. The van der Waals surface area contributed by atoms with Crippen LogP contribution in [0.3, 0.4) is 0 Å². The van der Waals surface area contributed by atoms with Gasteiger partial charge in [0.25, 0.3) is 18.8 Å². The Labute approximate surface area is 164 Å². The molecular weight excluding hydrogens is 396 g/mol. The fraction of sp³-hybridized carbons (Fsp3) is 0.278. The quantitative estimate of drug-likeness (QED) is 0.565. The van der Waals surface area contributed by atoms with E-state index in [4.69, 9.17) is 25.9 Å². The third-order valence-electron chi connectivity index (χ3n) is 3.54. The molecule has 0 atom stereocenters. The second kappa shape index (κ2) is 9.84. The fourth-order valence-electron chi connectivity index (χ4n) is 2.21. The fourth-order valence-corrected chi connectivity index (χ4v) is 2.36. The standard InChI is InChI=1S/C16H14ClF2N3O2.C2H4O2/c1-9-5-10-3-4-14(21-15(10)22(9)2)24-16-12(23-8-13(18)19)6-11(17)7-20-16;1-4-2-3/h3-7,13H,8H2,1-2H3;2H,1H3. The van der Waals surface area contributed by atoms with Crippen LogP contribution in [-0.4, -0.2) is 41.1 Å². The van der Waals surface area contributed by atoms with Crippen molar-refractivity contribution in [2.75, 3.05) is 13.7 Å². The van der Waals surface area contributed by atoms with Crippen molar-refractivity contribution < 1.29 is 27.8 Å². The molecule has 0 fully saturated rings. The minimum absolute atomic E-state index is 0.0258. The Kier molecular flexibility index (Phi) is 7.51. The van der Waals surface area contributed by atoms with Crippen molar-refractivity contribution in [3.8, 4) is 17.5 Å². The van der Waals surface area contributed by atoms with E-state index in [1.807, 2.05) is 30.7 Å². The molecule has 10 heteroatoms. The number of carbonyl (C=O) groups is 1. The lowest BCUT2D eigenvalue weighted by molar-refractivity contribution is -0.126. The number of hydrogen-bond acceptors (Lipinski definition) is 6. The molecule has 28 heavy (non-hydrogen) atoms. The van der Waals surface area contributed by atoms with Gasteiger partial charge in [0.1, 0.15) is 12.3 Å². The number of rotatable bonds is 6. The maximum Gasteiger partial charge on any atom is 0.292 e. The summed E-state index contributed by atoms with van der Waals surface area (Å²) in [5, 5.41) is 1.23. The Balaban J connectivity index is 0.000000640. The zero-order chi connectivity index (χ0) is 20.7. The van der Waals surface area contributed by atoms with E-state index in [2.05, 4.69) is 14.7 Å². The van der Waals surface area contributed by atoms with E-state index < -0.39 is 13.0 Å². The number of alkyl halides is 2. The lowest BCUT2D eigenvalue weighted by Gasteiger charge is -2.11. The topological polar surface area (TPSA) is 75.5 Å². The highest BCUT2D eigenvalue weighted by atomic mass is 35.5. The number of aryl methyl sites for hydroxylation is 2. The van der Waals surface area contributed by atoms with Crippen LogP contribution in [0.1, 0.15) is 5.69 Å². The molecule has 0 radical (unpaired) electrons. The zero-order valence-corrected chi connectivity index (χ0v) is 16.1. The van der Waals surface area contributed by atoms with Crippen LogP contribution in [0.25, 0.3) is 11.0 Å². The predicted octanol–water partition coefficient (Wildman–Crippen LogP) is 4.16. The maximum absolute atomic E-state index is 12.4. The number of hydrogen-bond donors (Lipinski definition) is 0. The van der Waals surface area contributed by atoms with Crippen LogP contribution >= 0.6 is 11.6 Å². The summed E-state index contributed by atoms with van der Waals surface area (Å²) in [4.78, 5) is 17.4. The third kappa shape index (κ3) is 5.53. The largest absolute Gasteiger partial charge is 0.482 e. The third-order valence-corrected chi connectivity index (χ3v) is 3.74. The highest BCUT2D eigenvalue weighted by Gasteiger charge is 2.14. The smallest absolute Gasteiger partial charge is 0.292 e. The van der Waals surface area contributed by atoms with Crippen molar-refractivity contribution in [3.63, 3.8) is 0 Å². The first-order valence-corrected chi connectivity index (χ1v) is 8.37. The maximum atomic E-state index is 12.4. The first kappa shape index (κ1) is 21.4. The van der Waals surface area contributed by atoms with Gasteiger partial charge in [-0.3, -0.25) is 4.79 Å². The Morgan fingerprint density at radius 2 is 2.04 bits per heavy atom. The molecule has 150 valence electrons. The van der Waals surface area contributed by atoms with Gasteiger partial charge in [-0.15, -0.1) is 0 Å². The molecule has 3 heterocycles. The summed E-state index contributed by atoms with van der Waals surface area (Å²) in [6.45, 7) is 1.57. The van der Waals surface area contributed by atoms with Gasteiger partial charge >= 0.3 is 0 Å². The molecule has 0 N–H and O–H groups in total. The van der Waals surface area contributed by atoms with E-state index in [0.717, 1.165) is 16.7 Å². The number of pyridine rings is 2. The summed E-state index contributed by atoms with van der Waals surface area (Å²) >= 11 is 5.83. The van der Waals surface area contributed by atoms with Crippen LogP contribution in [0, 0.1) is 6.92 Å². The monoisotopic (exact) mass is 413 g/mol. The van der Waals surface area contributed by atoms with Crippen molar-refractivity contribution >= 4 is 29.1 Å². The van der Waals surface area contributed by atoms with Crippen LogP contribution in [0.5, 0.6) is 17.5 Å². The molecule has 0 aliphatic carbocycles. The highest BCUT2D eigenvalue weighted by Crippen LogP contribution is 2.32. The van der Waals surface area contributed by atoms with Crippen molar-refractivity contribution in [1.29, 1.82) is 0 Å². The van der Waals surface area contributed by atoms with E-state index in [-0.39, 0.29) is 22.5 Å². The normalized spacial score (nSPS) is 10.4. The molecule has 0 aromatic carbocycles. The Bertz CT molecular complexity index is 950. The van der Waals surface area contributed by atoms with Gasteiger partial charge in [0.05, 0.1) is 12.1 Å². The lowest BCUT2D eigenvalue weighted by atomic mass is 10.3. The Hall–Kier alpha value is -2.94. The predicted molar refractivity (Wildman–Crippen MR) is 99.3 cm³/mol. The number of nitrogens with zero attached hydrogens (tertiary/aromatic N) is 3. The van der Waals surface area contributed by atoms with Gasteiger partial charge in [0, 0.05) is 36.5 Å². The van der Waals surface area contributed by atoms with E-state index >= 15 is 0 Å². The molecule has 0 bridgehead atoms. The number of aromatic nitrogens is 3. The first-order chi connectivity index (χ1) is 13.3. The van der Waals surface area contributed by atoms with Crippen molar-refractivity contribution in [1.82, 2.24) is 14.5 Å². The SMILES string of the molecule is COC=O.Cc1cc2ccc(Oc3ncc(Cl)cc3OCC(F)F)nc2n1C. The van der Waals surface area contributed by atoms with E-state index in [9.17, 15) is 8.78 Å². The summed E-state index contributed by atoms with van der Waals surface area (Å²) < 4.78 is 41.1. The van der Waals surface area contributed by atoms with Gasteiger partial charge in [0.15, 0.2) is 5.75 Å². The number of halogens is 3. The average molecular weight is 414 g/mol. The molecule has 0 spiro atoms. The van der Waals surface area contributed by atoms with Gasteiger partial charge in [-0.1, -0.05) is 11.6 Å². The van der Waals surface area contributed by atoms with Crippen molar-refractivity contribution in [2.45, 2.75) is 13.3 Å². The highest BCUT2D eigenvalue weighted by molar-refractivity contribution is 6.30. The zero-order valence-electron chi connectivity index (χ0n) is 15.4. The lowest BCUT2D eigenvalue weighted by Crippen LogP contribution is -2.08. The molecule has 0 saturated carbocycles. The first-order valence-electron chi connectivity index (χ1n) is 7.99. The average Bonchev–Trinajstić information content (AvgIpc) is 2.96. The minimum Gasteiger partial charge on any atom is -0.482 e. The molecule has 7 nitrogen and oxygen atoms in total. The van der Waals surface area contributed by atoms with Crippen LogP contribution in [0.2, 0.25) is 5.02 Å². The second-order valence-electron chi connectivity index (χ2n) is 5.50. The number of fused-ring (bicyclic) bond motifs is 1. The Morgan fingerprint density at radius 1 is 1.32 bits per heavy atom. The molecule has 3 rings (SSSR count). The van der Waals surface area contributed by atoms with Gasteiger partial charge in [-0.2, -0.15) is 4.98 Å². The number of ether oxygens (including phenoxy) is 3. The molecule has 3 aromatic rings. The summed E-state index contributed by atoms with van der Waals surface area (Å²) in [7, 11) is 3.21. The van der Waals surface area contributed by atoms with Crippen molar-refractivity contribution in [3.05, 3.63) is 41.2 Å². The number of carbonyl (C=O) groups excluding carboxylic acids is 1. The van der Waals surface area contributed by atoms with Crippen LogP contribution < -0.4 is 9.47 Å². The van der Waals surface area contributed by atoms with Gasteiger partial charge < -0.3 is 18.8 Å². The summed E-state index contributed by atoms with van der Waals surface area (Å²) in [5.41, 5.74) is 1.80. The number of methoxy groups -OCH3 is 1. The van der Waals surface area contributed by atoms with Crippen molar-refractivity contribution in [2.24, 2.45) is 7.05 Å². The molecule has 0 amide bonds. The second-order valence-corrected chi connectivity index (χ2v) is 5.94. The molecule has 0 saturated heterocycles. The van der Waals surface area contributed by atoms with Crippen LogP contribution in [-0.2, 0) is 16.6 Å². The van der Waals surface area contributed by atoms with Crippen LogP contribution in [0.15, 0.2) is 30.5 Å².